The van der Waals surface area contributed by atoms with Crippen LogP contribution in [-0.2, 0) is 12.7 Å². The number of amides is 1. The van der Waals surface area contributed by atoms with Gasteiger partial charge in [-0.05, 0) is 66.8 Å². The lowest BCUT2D eigenvalue weighted by molar-refractivity contribution is -0.137. The molecule has 0 atom stereocenters. The third kappa shape index (κ3) is 3.70. The smallest absolute Gasteiger partial charge is 0.348 e. The molecular formula is C24H24F3N3O. The van der Waals surface area contributed by atoms with Crippen LogP contribution in [0.5, 0.6) is 0 Å². The molecule has 162 valence electrons. The first-order valence-electron chi connectivity index (χ1n) is 10.6. The molecule has 0 saturated heterocycles. The minimum Gasteiger partial charge on any atom is -0.348 e. The van der Waals surface area contributed by atoms with Gasteiger partial charge in [0.25, 0.3) is 5.91 Å². The Morgan fingerprint density at radius 1 is 1.13 bits per heavy atom. The molecule has 31 heavy (non-hydrogen) atoms. The van der Waals surface area contributed by atoms with Crippen LogP contribution in [0.25, 0.3) is 10.9 Å². The predicted octanol–water partition coefficient (Wildman–Crippen LogP) is 5.41. The third-order valence-corrected chi connectivity index (χ3v) is 6.78. The molecular weight excluding hydrogens is 403 g/mol. The van der Waals surface area contributed by atoms with E-state index in [1.54, 1.807) is 6.20 Å². The van der Waals surface area contributed by atoms with Gasteiger partial charge < -0.3 is 9.88 Å². The van der Waals surface area contributed by atoms with Crippen LogP contribution in [0.15, 0.2) is 48.8 Å². The number of hydrogen-bond donors (Lipinski definition) is 1. The lowest BCUT2D eigenvalue weighted by atomic mass is 9.50. The van der Waals surface area contributed by atoms with E-state index < -0.39 is 11.7 Å². The lowest BCUT2D eigenvalue weighted by Crippen LogP contribution is -2.55. The van der Waals surface area contributed by atoms with Crippen LogP contribution in [0.1, 0.15) is 54.2 Å². The number of rotatable bonds is 4. The SMILES string of the molecule is CC1CC2(C1)CC(NC(=O)c1nccc3ccn(Cc4ccc(C(F)(F)F)cc4)c13)C2. The molecule has 1 aromatic carbocycles. The van der Waals surface area contributed by atoms with Crippen LogP contribution >= 0.6 is 0 Å². The Hall–Kier alpha value is -2.83. The Kier molecular flexibility index (Phi) is 4.61. The molecule has 2 saturated carbocycles. The molecule has 2 heterocycles. The number of fused-ring (bicyclic) bond motifs is 1. The van der Waals surface area contributed by atoms with Gasteiger partial charge in [-0.15, -0.1) is 0 Å². The molecule has 0 radical (unpaired) electrons. The average Bonchev–Trinajstić information content (AvgIpc) is 3.08. The summed E-state index contributed by atoms with van der Waals surface area (Å²) in [5.41, 5.74) is 1.55. The number of carbonyl (C=O) groups is 1. The van der Waals surface area contributed by atoms with Crippen molar-refractivity contribution in [1.29, 1.82) is 0 Å². The predicted molar refractivity (Wildman–Crippen MR) is 112 cm³/mol. The van der Waals surface area contributed by atoms with Crippen molar-refractivity contribution in [3.63, 3.8) is 0 Å². The topological polar surface area (TPSA) is 46.9 Å². The fourth-order valence-electron chi connectivity index (χ4n) is 5.54. The van der Waals surface area contributed by atoms with E-state index in [0.717, 1.165) is 41.8 Å². The summed E-state index contributed by atoms with van der Waals surface area (Å²) >= 11 is 0. The summed E-state index contributed by atoms with van der Waals surface area (Å²) in [7, 11) is 0. The number of nitrogens with zero attached hydrogens (tertiary/aromatic N) is 2. The molecule has 2 aromatic heterocycles. The molecule has 2 aliphatic carbocycles. The zero-order valence-corrected chi connectivity index (χ0v) is 17.2. The van der Waals surface area contributed by atoms with Gasteiger partial charge in [-0.25, -0.2) is 4.98 Å². The van der Waals surface area contributed by atoms with Gasteiger partial charge >= 0.3 is 6.18 Å². The van der Waals surface area contributed by atoms with Crippen LogP contribution in [-0.4, -0.2) is 21.5 Å². The van der Waals surface area contributed by atoms with Gasteiger partial charge in [-0.2, -0.15) is 13.2 Å². The zero-order valence-electron chi connectivity index (χ0n) is 17.2. The van der Waals surface area contributed by atoms with Gasteiger partial charge in [-0.1, -0.05) is 19.1 Å². The first kappa shape index (κ1) is 20.1. The number of halogens is 3. The third-order valence-electron chi connectivity index (χ3n) is 6.78. The second kappa shape index (κ2) is 7.11. The highest BCUT2D eigenvalue weighted by Crippen LogP contribution is 2.58. The minimum atomic E-state index is -4.36. The van der Waals surface area contributed by atoms with Gasteiger partial charge in [-0.3, -0.25) is 4.79 Å². The van der Waals surface area contributed by atoms with Gasteiger partial charge in [0.1, 0.15) is 0 Å². The van der Waals surface area contributed by atoms with Crippen LogP contribution in [0, 0.1) is 11.3 Å². The Morgan fingerprint density at radius 2 is 1.84 bits per heavy atom. The van der Waals surface area contributed by atoms with Crippen LogP contribution in [0.3, 0.4) is 0 Å². The fraction of sp³-hybridized carbons (Fsp3) is 0.417. The molecule has 2 aliphatic rings. The normalized spacial score (nSPS) is 25.3. The summed E-state index contributed by atoms with van der Waals surface area (Å²) in [5.74, 6) is 0.603. The Morgan fingerprint density at radius 3 is 2.48 bits per heavy atom. The highest BCUT2D eigenvalue weighted by Gasteiger charge is 2.51. The first-order chi connectivity index (χ1) is 14.7. The molecule has 0 bridgehead atoms. The van der Waals surface area contributed by atoms with Gasteiger partial charge in [0.2, 0.25) is 0 Å². The van der Waals surface area contributed by atoms with Crippen molar-refractivity contribution in [3.8, 4) is 0 Å². The zero-order chi connectivity index (χ0) is 21.8. The monoisotopic (exact) mass is 427 g/mol. The number of alkyl halides is 3. The van der Waals surface area contributed by atoms with Crippen LogP contribution in [0.4, 0.5) is 13.2 Å². The Balaban J connectivity index is 1.34. The molecule has 0 aliphatic heterocycles. The Labute approximate surface area is 178 Å². The number of carbonyl (C=O) groups excluding carboxylic acids is 1. The molecule has 1 amide bonds. The molecule has 1 spiro atoms. The minimum absolute atomic E-state index is 0.190. The molecule has 0 unspecified atom stereocenters. The summed E-state index contributed by atoms with van der Waals surface area (Å²) in [6.07, 6.45) is 3.68. The van der Waals surface area contributed by atoms with Gasteiger partial charge in [0, 0.05) is 30.4 Å². The van der Waals surface area contributed by atoms with Crippen molar-refractivity contribution in [3.05, 3.63) is 65.6 Å². The van der Waals surface area contributed by atoms with E-state index in [1.807, 2.05) is 22.9 Å². The van der Waals surface area contributed by atoms with Crippen LogP contribution < -0.4 is 5.32 Å². The maximum absolute atomic E-state index is 13.0. The summed E-state index contributed by atoms with van der Waals surface area (Å²) in [6, 6.07) is 9.03. The average molecular weight is 427 g/mol. The number of aromatic nitrogens is 2. The van der Waals surface area contributed by atoms with Crippen molar-refractivity contribution >= 4 is 16.8 Å². The van der Waals surface area contributed by atoms with Crippen molar-refractivity contribution < 1.29 is 18.0 Å². The van der Waals surface area contributed by atoms with Gasteiger partial charge in [0.15, 0.2) is 5.69 Å². The Bertz CT molecular complexity index is 1120. The fourth-order valence-corrected chi connectivity index (χ4v) is 5.54. The first-order valence-corrected chi connectivity index (χ1v) is 10.6. The molecule has 3 aromatic rings. The standard InChI is InChI=1S/C24H24F3N3O/c1-15-10-23(11-15)12-19(13-23)29-22(31)20-21-17(6-8-28-20)7-9-30(21)14-16-2-4-18(5-3-16)24(25,26)27/h2-9,15,19H,10-14H2,1H3,(H,29,31). The van der Waals surface area contributed by atoms with E-state index in [2.05, 4.69) is 17.2 Å². The number of nitrogens with one attached hydrogen (secondary N) is 1. The molecule has 2 fully saturated rings. The van der Waals surface area contributed by atoms with Crippen molar-refractivity contribution in [2.75, 3.05) is 0 Å². The van der Waals surface area contributed by atoms with Crippen molar-refractivity contribution in [2.24, 2.45) is 11.3 Å². The van der Waals surface area contributed by atoms with Crippen molar-refractivity contribution in [1.82, 2.24) is 14.9 Å². The molecule has 4 nitrogen and oxygen atoms in total. The highest BCUT2D eigenvalue weighted by atomic mass is 19.4. The van der Waals surface area contributed by atoms with E-state index in [4.69, 9.17) is 0 Å². The quantitative estimate of drug-likeness (QED) is 0.605. The van der Waals surface area contributed by atoms with E-state index in [1.165, 1.54) is 25.0 Å². The summed E-state index contributed by atoms with van der Waals surface area (Å²) in [4.78, 5) is 17.3. The number of benzene rings is 1. The largest absolute Gasteiger partial charge is 0.416 e. The highest BCUT2D eigenvalue weighted by molar-refractivity contribution is 6.04. The molecule has 7 heteroatoms. The van der Waals surface area contributed by atoms with Gasteiger partial charge in [0.05, 0.1) is 11.1 Å². The van der Waals surface area contributed by atoms with E-state index in [-0.39, 0.29) is 11.9 Å². The maximum Gasteiger partial charge on any atom is 0.416 e. The van der Waals surface area contributed by atoms with Crippen LogP contribution in [0.2, 0.25) is 0 Å². The summed E-state index contributed by atoms with van der Waals surface area (Å²) < 4.78 is 40.3. The molecule has 5 rings (SSSR count). The van der Waals surface area contributed by atoms with E-state index in [0.29, 0.717) is 23.2 Å². The number of hydrogen-bond acceptors (Lipinski definition) is 2. The second-order valence-corrected chi connectivity index (χ2v) is 9.33. The van der Waals surface area contributed by atoms with Crippen molar-refractivity contribution in [2.45, 2.75) is 51.4 Å². The van der Waals surface area contributed by atoms with E-state index in [9.17, 15) is 18.0 Å². The number of pyridine rings is 1. The van der Waals surface area contributed by atoms with E-state index >= 15 is 0 Å². The molecule has 1 N–H and O–H groups in total. The maximum atomic E-state index is 13.0. The summed E-state index contributed by atoms with van der Waals surface area (Å²) in [6.45, 7) is 2.63. The second-order valence-electron chi connectivity index (χ2n) is 9.33. The lowest BCUT2D eigenvalue weighted by Gasteiger charge is -2.57. The summed E-state index contributed by atoms with van der Waals surface area (Å²) in [5, 5.41) is 4.01.